The molecule has 0 aliphatic carbocycles. The van der Waals surface area contributed by atoms with Gasteiger partial charge in [0.25, 0.3) is 5.91 Å². The molecule has 0 saturated carbocycles. The van der Waals surface area contributed by atoms with E-state index >= 15 is 0 Å². The lowest BCUT2D eigenvalue weighted by molar-refractivity contribution is -0.123. The average molecular weight is 345 g/mol. The normalized spacial score (nSPS) is 11.0. The fourth-order valence-corrected chi connectivity index (χ4v) is 3.33. The van der Waals surface area contributed by atoms with E-state index in [9.17, 15) is 4.79 Å². The van der Waals surface area contributed by atoms with E-state index in [2.05, 4.69) is 10.5 Å². The van der Waals surface area contributed by atoms with E-state index in [1.165, 1.54) is 11.3 Å². The summed E-state index contributed by atoms with van der Waals surface area (Å²) in [5, 5.41) is 5.56. The first-order chi connectivity index (χ1) is 11.2. The molecule has 2 aromatic carbocycles. The number of ether oxygens (including phenoxy) is 1. The number of thiophene rings is 1. The molecule has 3 rings (SSSR count). The van der Waals surface area contributed by atoms with Gasteiger partial charge in [-0.2, -0.15) is 5.10 Å². The van der Waals surface area contributed by atoms with Crippen molar-refractivity contribution in [3.63, 3.8) is 0 Å². The van der Waals surface area contributed by atoms with Crippen LogP contribution in [0.2, 0.25) is 5.02 Å². The van der Waals surface area contributed by atoms with Crippen molar-refractivity contribution in [2.24, 2.45) is 5.10 Å². The number of hydrogen-bond acceptors (Lipinski definition) is 4. The maximum Gasteiger partial charge on any atom is 0.277 e. The summed E-state index contributed by atoms with van der Waals surface area (Å²) in [5.74, 6) is 0.307. The van der Waals surface area contributed by atoms with Gasteiger partial charge >= 0.3 is 0 Å². The van der Waals surface area contributed by atoms with Gasteiger partial charge in [0.15, 0.2) is 6.61 Å². The SMILES string of the molecule is O=C(COc1ccccc1)N/N=C/c1sc2ccccc2c1Cl. The Morgan fingerprint density at radius 1 is 1.17 bits per heavy atom. The summed E-state index contributed by atoms with van der Waals surface area (Å²) in [6.45, 7) is -0.0957. The van der Waals surface area contributed by atoms with Crippen molar-refractivity contribution in [3.8, 4) is 5.75 Å². The van der Waals surface area contributed by atoms with Crippen LogP contribution in [0, 0.1) is 0 Å². The molecule has 0 aliphatic heterocycles. The number of nitrogens with one attached hydrogen (secondary N) is 1. The van der Waals surface area contributed by atoms with E-state index in [-0.39, 0.29) is 12.5 Å². The van der Waals surface area contributed by atoms with E-state index in [0.29, 0.717) is 10.8 Å². The molecule has 0 fully saturated rings. The van der Waals surface area contributed by atoms with E-state index in [4.69, 9.17) is 16.3 Å². The first-order valence-electron chi connectivity index (χ1n) is 6.91. The third-order valence-electron chi connectivity index (χ3n) is 3.04. The van der Waals surface area contributed by atoms with Crippen molar-refractivity contribution in [3.05, 3.63) is 64.5 Å². The second-order valence-corrected chi connectivity index (χ2v) is 6.13. The molecule has 0 atom stereocenters. The molecule has 6 heteroatoms. The van der Waals surface area contributed by atoms with Crippen LogP contribution in [0.3, 0.4) is 0 Å². The Morgan fingerprint density at radius 2 is 1.91 bits per heavy atom. The molecule has 0 bridgehead atoms. The van der Waals surface area contributed by atoms with Crippen LogP contribution in [0.15, 0.2) is 59.7 Å². The van der Waals surface area contributed by atoms with E-state index in [1.807, 2.05) is 42.5 Å². The highest BCUT2D eigenvalue weighted by Gasteiger charge is 2.08. The number of para-hydroxylation sites is 1. The van der Waals surface area contributed by atoms with Crippen molar-refractivity contribution in [2.75, 3.05) is 6.61 Å². The first-order valence-corrected chi connectivity index (χ1v) is 8.10. The van der Waals surface area contributed by atoms with Crippen LogP contribution in [-0.4, -0.2) is 18.7 Å². The number of benzene rings is 2. The van der Waals surface area contributed by atoms with Crippen LogP contribution in [0.25, 0.3) is 10.1 Å². The molecule has 116 valence electrons. The van der Waals surface area contributed by atoms with Gasteiger partial charge in [0.05, 0.1) is 16.1 Å². The molecular weight excluding hydrogens is 332 g/mol. The minimum absolute atomic E-state index is 0.0957. The number of carbonyl (C=O) groups is 1. The van der Waals surface area contributed by atoms with Crippen LogP contribution in [0.4, 0.5) is 0 Å². The number of fused-ring (bicyclic) bond motifs is 1. The van der Waals surface area contributed by atoms with Gasteiger partial charge in [-0.3, -0.25) is 4.79 Å². The predicted octanol–water partition coefficient (Wildman–Crippen LogP) is 4.08. The lowest BCUT2D eigenvalue weighted by atomic mass is 10.2. The Labute approximate surface area is 142 Å². The van der Waals surface area contributed by atoms with Crippen LogP contribution in [-0.2, 0) is 4.79 Å². The number of nitrogens with zero attached hydrogens (tertiary/aromatic N) is 1. The quantitative estimate of drug-likeness (QED) is 0.560. The summed E-state index contributed by atoms with van der Waals surface area (Å²) in [5.41, 5.74) is 2.43. The Hall–Kier alpha value is -2.37. The summed E-state index contributed by atoms with van der Waals surface area (Å²) >= 11 is 7.82. The van der Waals surface area contributed by atoms with Crippen LogP contribution in [0.1, 0.15) is 4.88 Å². The fraction of sp³-hybridized carbons (Fsp3) is 0.0588. The van der Waals surface area contributed by atoms with Crippen molar-refractivity contribution < 1.29 is 9.53 Å². The summed E-state index contributed by atoms with van der Waals surface area (Å²) < 4.78 is 6.41. The van der Waals surface area contributed by atoms with Gasteiger partial charge in [0, 0.05) is 10.1 Å². The van der Waals surface area contributed by atoms with Crippen molar-refractivity contribution in [1.29, 1.82) is 0 Å². The maximum absolute atomic E-state index is 11.7. The van der Waals surface area contributed by atoms with Crippen molar-refractivity contribution in [1.82, 2.24) is 5.43 Å². The lowest BCUT2D eigenvalue weighted by Gasteiger charge is -2.03. The average Bonchev–Trinajstić information content (AvgIpc) is 2.91. The highest BCUT2D eigenvalue weighted by Crippen LogP contribution is 2.33. The molecule has 4 nitrogen and oxygen atoms in total. The molecule has 0 unspecified atom stereocenters. The maximum atomic E-state index is 11.7. The monoisotopic (exact) mass is 344 g/mol. The third kappa shape index (κ3) is 3.88. The van der Waals surface area contributed by atoms with Gasteiger partial charge in [-0.25, -0.2) is 5.43 Å². The van der Waals surface area contributed by atoms with Crippen molar-refractivity contribution in [2.45, 2.75) is 0 Å². The zero-order valence-electron chi connectivity index (χ0n) is 12.0. The molecule has 1 N–H and O–H groups in total. The first kappa shape index (κ1) is 15.5. The number of carbonyl (C=O) groups excluding carboxylic acids is 1. The number of hydrogen-bond donors (Lipinski definition) is 1. The Bertz CT molecular complexity index is 846. The molecule has 1 aromatic heterocycles. The van der Waals surface area contributed by atoms with Gasteiger partial charge in [-0.15, -0.1) is 11.3 Å². The second-order valence-electron chi connectivity index (χ2n) is 4.67. The molecule has 1 heterocycles. The molecule has 0 radical (unpaired) electrons. The molecule has 0 aliphatic rings. The third-order valence-corrected chi connectivity index (χ3v) is 4.67. The van der Waals surface area contributed by atoms with Gasteiger partial charge in [0.1, 0.15) is 5.75 Å². The summed E-state index contributed by atoms with van der Waals surface area (Å²) in [6.07, 6.45) is 1.55. The fourth-order valence-electron chi connectivity index (χ4n) is 1.98. The highest BCUT2D eigenvalue weighted by atomic mass is 35.5. The Kier molecular flexibility index (Phi) is 4.90. The zero-order chi connectivity index (χ0) is 16.1. The highest BCUT2D eigenvalue weighted by molar-refractivity contribution is 7.21. The minimum atomic E-state index is -0.331. The Balaban J connectivity index is 1.57. The van der Waals surface area contributed by atoms with E-state index < -0.39 is 0 Å². The zero-order valence-corrected chi connectivity index (χ0v) is 13.6. The van der Waals surface area contributed by atoms with Crippen LogP contribution < -0.4 is 10.2 Å². The molecule has 0 saturated heterocycles. The number of rotatable bonds is 5. The molecule has 23 heavy (non-hydrogen) atoms. The van der Waals surface area contributed by atoms with Gasteiger partial charge in [-0.05, 0) is 18.2 Å². The van der Waals surface area contributed by atoms with Gasteiger partial charge in [0.2, 0.25) is 0 Å². The van der Waals surface area contributed by atoms with E-state index in [1.54, 1.807) is 18.3 Å². The molecule has 3 aromatic rings. The van der Waals surface area contributed by atoms with Crippen molar-refractivity contribution >= 4 is 45.1 Å². The number of hydrazone groups is 1. The van der Waals surface area contributed by atoms with E-state index in [0.717, 1.165) is 15.0 Å². The second kappa shape index (κ2) is 7.26. The topological polar surface area (TPSA) is 50.7 Å². The molecular formula is C17H13ClN2O2S. The molecule has 1 amide bonds. The number of amides is 1. The smallest absolute Gasteiger partial charge is 0.277 e. The minimum Gasteiger partial charge on any atom is -0.484 e. The summed E-state index contributed by atoms with van der Waals surface area (Å²) in [6, 6.07) is 17.0. The van der Waals surface area contributed by atoms with Crippen LogP contribution in [0.5, 0.6) is 5.75 Å². The Morgan fingerprint density at radius 3 is 2.70 bits per heavy atom. The summed E-state index contributed by atoms with van der Waals surface area (Å²) in [7, 11) is 0. The lowest BCUT2D eigenvalue weighted by Crippen LogP contribution is -2.24. The van der Waals surface area contributed by atoms with Gasteiger partial charge < -0.3 is 4.74 Å². The largest absolute Gasteiger partial charge is 0.484 e. The predicted molar refractivity (Wildman–Crippen MR) is 94.5 cm³/mol. The summed E-state index contributed by atoms with van der Waals surface area (Å²) in [4.78, 5) is 12.5. The van der Waals surface area contributed by atoms with Crippen LogP contribution >= 0.6 is 22.9 Å². The van der Waals surface area contributed by atoms with Gasteiger partial charge in [-0.1, -0.05) is 48.0 Å². The number of halogens is 1. The standard InChI is InChI=1S/C17H13ClN2O2S/c18-17-13-8-4-5-9-14(13)23-15(17)10-19-20-16(21)11-22-12-6-2-1-3-7-12/h1-10H,11H2,(H,20,21)/b19-10+. The molecule has 0 spiro atoms.